The smallest absolute Gasteiger partial charge is 0.242 e. The summed E-state index contributed by atoms with van der Waals surface area (Å²) in [6.45, 7) is 3.43. The van der Waals surface area contributed by atoms with E-state index in [4.69, 9.17) is 5.73 Å². The summed E-state index contributed by atoms with van der Waals surface area (Å²) in [6, 6.07) is 1.61. The fraction of sp³-hybridized carbons (Fsp3) is 0.615. The molecule has 2 heterocycles. The van der Waals surface area contributed by atoms with Crippen LogP contribution in [0.3, 0.4) is 0 Å². The molecule has 1 unspecified atom stereocenters. The molecule has 1 atom stereocenters. The van der Waals surface area contributed by atoms with E-state index >= 15 is 0 Å². The SMILES string of the molecule is CCC1C(=O)NCCN1c1cc(N)nc(C2CC2)n1. The number of nitrogens with two attached hydrogens (primary N) is 1. The van der Waals surface area contributed by atoms with Crippen LogP contribution in [0, 0.1) is 0 Å². The van der Waals surface area contributed by atoms with Gasteiger partial charge in [0.2, 0.25) is 5.91 Å². The number of hydrogen-bond acceptors (Lipinski definition) is 5. The molecule has 0 radical (unpaired) electrons. The Hall–Kier alpha value is -1.85. The van der Waals surface area contributed by atoms with E-state index in [1.54, 1.807) is 6.07 Å². The molecule has 1 aliphatic heterocycles. The lowest BCUT2D eigenvalue weighted by atomic mass is 10.1. The molecule has 3 N–H and O–H groups in total. The minimum Gasteiger partial charge on any atom is -0.384 e. The van der Waals surface area contributed by atoms with Crippen molar-refractivity contribution in [2.75, 3.05) is 23.7 Å². The predicted molar refractivity (Wildman–Crippen MR) is 72.9 cm³/mol. The van der Waals surface area contributed by atoms with Crippen LogP contribution in [0.5, 0.6) is 0 Å². The zero-order chi connectivity index (χ0) is 13.4. The van der Waals surface area contributed by atoms with Crippen LogP contribution >= 0.6 is 0 Å². The molecular formula is C13H19N5O. The predicted octanol–water partition coefficient (Wildman–Crippen LogP) is 0.651. The van der Waals surface area contributed by atoms with Crippen molar-refractivity contribution in [2.45, 2.75) is 38.1 Å². The Balaban J connectivity index is 1.93. The Morgan fingerprint density at radius 3 is 2.95 bits per heavy atom. The first-order valence-corrected chi connectivity index (χ1v) is 6.88. The Morgan fingerprint density at radius 2 is 2.26 bits per heavy atom. The van der Waals surface area contributed by atoms with Crippen LogP contribution in [0.25, 0.3) is 0 Å². The highest BCUT2D eigenvalue weighted by molar-refractivity contribution is 5.86. The van der Waals surface area contributed by atoms with E-state index in [9.17, 15) is 4.79 Å². The average Bonchev–Trinajstić information content (AvgIpc) is 3.22. The summed E-state index contributed by atoms with van der Waals surface area (Å²) in [7, 11) is 0. The molecule has 0 spiro atoms. The van der Waals surface area contributed by atoms with E-state index in [0.717, 1.165) is 37.4 Å². The molecule has 1 aromatic rings. The summed E-state index contributed by atoms with van der Waals surface area (Å²) in [5, 5.41) is 2.89. The minimum absolute atomic E-state index is 0.0684. The number of nitrogen functional groups attached to an aromatic ring is 1. The first-order valence-electron chi connectivity index (χ1n) is 6.88. The molecule has 2 fully saturated rings. The van der Waals surface area contributed by atoms with Gasteiger partial charge in [-0.15, -0.1) is 0 Å². The number of hydrogen-bond donors (Lipinski definition) is 2. The molecule has 1 aromatic heterocycles. The number of carbonyl (C=O) groups is 1. The van der Waals surface area contributed by atoms with Gasteiger partial charge in [-0.1, -0.05) is 6.92 Å². The van der Waals surface area contributed by atoms with Crippen LogP contribution in [-0.4, -0.2) is 35.0 Å². The number of nitrogens with one attached hydrogen (secondary N) is 1. The maximum absolute atomic E-state index is 11.9. The summed E-state index contributed by atoms with van der Waals surface area (Å²) >= 11 is 0. The van der Waals surface area contributed by atoms with Crippen molar-refractivity contribution in [2.24, 2.45) is 0 Å². The molecule has 1 saturated carbocycles. The van der Waals surface area contributed by atoms with Gasteiger partial charge in [-0.25, -0.2) is 9.97 Å². The van der Waals surface area contributed by atoms with Crippen LogP contribution in [0.4, 0.5) is 11.6 Å². The van der Waals surface area contributed by atoms with Crippen molar-refractivity contribution >= 4 is 17.5 Å². The molecule has 1 saturated heterocycles. The number of piperazine rings is 1. The summed E-state index contributed by atoms with van der Waals surface area (Å²) in [5.74, 6) is 2.64. The Morgan fingerprint density at radius 1 is 1.47 bits per heavy atom. The first kappa shape index (κ1) is 12.2. The van der Waals surface area contributed by atoms with Crippen LogP contribution in [-0.2, 0) is 4.79 Å². The highest BCUT2D eigenvalue weighted by atomic mass is 16.2. The molecule has 6 nitrogen and oxygen atoms in total. The van der Waals surface area contributed by atoms with Crippen LogP contribution in [0.1, 0.15) is 37.9 Å². The third kappa shape index (κ3) is 2.34. The number of nitrogens with zero attached hydrogens (tertiary/aromatic N) is 3. The Labute approximate surface area is 112 Å². The highest BCUT2D eigenvalue weighted by Crippen LogP contribution is 2.39. The van der Waals surface area contributed by atoms with E-state index in [-0.39, 0.29) is 11.9 Å². The van der Waals surface area contributed by atoms with Gasteiger partial charge in [0.05, 0.1) is 0 Å². The van der Waals surface area contributed by atoms with Gasteiger partial charge in [0.1, 0.15) is 23.5 Å². The van der Waals surface area contributed by atoms with E-state index in [2.05, 4.69) is 15.3 Å². The fourth-order valence-electron chi connectivity index (χ4n) is 2.54. The second kappa shape index (κ2) is 4.68. The maximum Gasteiger partial charge on any atom is 0.242 e. The van der Waals surface area contributed by atoms with Gasteiger partial charge in [0, 0.05) is 25.1 Å². The topological polar surface area (TPSA) is 84.1 Å². The van der Waals surface area contributed by atoms with Crippen molar-refractivity contribution in [3.8, 4) is 0 Å². The summed E-state index contributed by atoms with van der Waals surface area (Å²) in [4.78, 5) is 22.8. The number of aromatic nitrogens is 2. The van der Waals surface area contributed by atoms with Crippen LogP contribution in [0.15, 0.2) is 6.07 Å². The standard InChI is InChI=1S/C13H19N5O/c1-2-9-13(19)15-5-6-18(9)11-7-10(14)16-12(17-11)8-3-4-8/h7-9H,2-6H2,1H3,(H,15,19)(H2,14,16,17). The second-order valence-corrected chi connectivity index (χ2v) is 5.19. The van der Waals surface area contributed by atoms with Crippen molar-refractivity contribution < 1.29 is 4.79 Å². The number of rotatable bonds is 3. The molecule has 0 aromatic carbocycles. The summed E-state index contributed by atoms with van der Waals surface area (Å²) in [6.07, 6.45) is 3.04. The van der Waals surface area contributed by atoms with Crippen molar-refractivity contribution in [3.63, 3.8) is 0 Å². The van der Waals surface area contributed by atoms with Gasteiger partial charge in [0.15, 0.2) is 0 Å². The highest BCUT2D eigenvalue weighted by Gasteiger charge is 2.31. The van der Waals surface area contributed by atoms with Crippen LogP contribution < -0.4 is 16.0 Å². The third-order valence-electron chi connectivity index (χ3n) is 3.70. The first-order chi connectivity index (χ1) is 9.19. The molecule has 1 amide bonds. The third-order valence-corrected chi connectivity index (χ3v) is 3.70. The van der Waals surface area contributed by atoms with Crippen molar-refractivity contribution in [3.05, 3.63) is 11.9 Å². The largest absolute Gasteiger partial charge is 0.384 e. The maximum atomic E-state index is 11.9. The quantitative estimate of drug-likeness (QED) is 0.834. The Kier molecular flexibility index (Phi) is 3.00. The number of amides is 1. The normalized spacial score (nSPS) is 23.3. The summed E-state index contributed by atoms with van der Waals surface area (Å²) in [5.41, 5.74) is 5.87. The van der Waals surface area contributed by atoms with Gasteiger partial charge in [-0.2, -0.15) is 0 Å². The molecule has 102 valence electrons. The average molecular weight is 261 g/mol. The monoisotopic (exact) mass is 261 g/mol. The van der Waals surface area contributed by atoms with Crippen molar-refractivity contribution in [1.29, 1.82) is 0 Å². The van der Waals surface area contributed by atoms with E-state index in [1.165, 1.54) is 0 Å². The van der Waals surface area contributed by atoms with Crippen LogP contribution in [0.2, 0.25) is 0 Å². The van der Waals surface area contributed by atoms with E-state index in [0.29, 0.717) is 18.3 Å². The lowest BCUT2D eigenvalue weighted by molar-refractivity contribution is -0.123. The summed E-state index contributed by atoms with van der Waals surface area (Å²) < 4.78 is 0. The number of anilines is 2. The number of carbonyl (C=O) groups excluding carboxylic acids is 1. The lowest BCUT2D eigenvalue weighted by Gasteiger charge is -2.35. The Bertz CT molecular complexity index is 500. The van der Waals surface area contributed by atoms with Gasteiger partial charge in [-0.3, -0.25) is 4.79 Å². The minimum atomic E-state index is -0.157. The zero-order valence-corrected chi connectivity index (χ0v) is 11.1. The molecule has 1 aliphatic carbocycles. The molecular weight excluding hydrogens is 242 g/mol. The lowest BCUT2D eigenvalue weighted by Crippen LogP contribution is -2.55. The van der Waals surface area contributed by atoms with E-state index in [1.807, 2.05) is 11.8 Å². The van der Waals surface area contributed by atoms with Gasteiger partial charge in [0.25, 0.3) is 0 Å². The van der Waals surface area contributed by atoms with Crippen molar-refractivity contribution in [1.82, 2.24) is 15.3 Å². The molecule has 0 bridgehead atoms. The van der Waals surface area contributed by atoms with Gasteiger partial charge < -0.3 is 16.0 Å². The molecule has 19 heavy (non-hydrogen) atoms. The van der Waals surface area contributed by atoms with E-state index < -0.39 is 0 Å². The molecule has 2 aliphatic rings. The molecule has 3 rings (SSSR count). The van der Waals surface area contributed by atoms with Gasteiger partial charge in [-0.05, 0) is 19.3 Å². The van der Waals surface area contributed by atoms with Gasteiger partial charge >= 0.3 is 0 Å². The zero-order valence-electron chi connectivity index (χ0n) is 11.1. The fourth-order valence-corrected chi connectivity index (χ4v) is 2.54. The second-order valence-electron chi connectivity index (χ2n) is 5.19. The molecule has 6 heteroatoms.